The van der Waals surface area contributed by atoms with Crippen LogP contribution in [0.5, 0.6) is 11.6 Å². The lowest BCUT2D eigenvalue weighted by Crippen LogP contribution is -2.31. The minimum Gasteiger partial charge on any atom is -0.438 e. The fourth-order valence-corrected chi connectivity index (χ4v) is 4.06. The molecule has 1 atom stereocenters. The van der Waals surface area contributed by atoms with Crippen LogP contribution in [0.2, 0.25) is 0 Å². The van der Waals surface area contributed by atoms with E-state index >= 15 is 0 Å². The van der Waals surface area contributed by atoms with Crippen LogP contribution in [0.25, 0.3) is 0 Å². The number of para-hydroxylation sites is 1. The fraction of sp³-hybridized carbons (Fsp3) is 0.348. The summed E-state index contributed by atoms with van der Waals surface area (Å²) in [6, 6.07) is 12.1. The first-order valence-electron chi connectivity index (χ1n) is 10.1. The van der Waals surface area contributed by atoms with Crippen molar-refractivity contribution < 1.29 is 17.9 Å². The molecule has 1 heterocycles. The quantitative estimate of drug-likeness (QED) is 0.696. The summed E-state index contributed by atoms with van der Waals surface area (Å²) in [6.07, 6.45) is 6.53. The molecular weight excluding hydrogens is 414 g/mol. The van der Waals surface area contributed by atoms with Crippen LogP contribution in [0.3, 0.4) is 0 Å². The highest BCUT2D eigenvalue weighted by atomic mass is 32.2. The largest absolute Gasteiger partial charge is 0.438 e. The van der Waals surface area contributed by atoms with Crippen LogP contribution in [0.4, 0.5) is 0 Å². The average Bonchev–Trinajstić information content (AvgIpc) is 3.27. The van der Waals surface area contributed by atoms with E-state index in [9.17, 15) is 18.5 Å². The molecule has 1 aliphatic carbocycles. The second-order valence-electron chi connectivity index (χ2n) is 7.70. The Balaban J connectivity index is 1.97. The summed E-state index contributed by atoms with van der Waals surface area (Å²) in [4.78, 5) is 17.6. The van der Waals surface area contributed by atoms with Gasteiger partial charge in [0, 0.05) is 23.6 Å². The van der Waals surface area contributed by atoms with Crippen molar-refractivity contribution in [1.29, 1.82) is 5.26 Å². The number of nitrogens with zero attached hydrogens (tertiary/aromatic N) is 2. The van der Waals surface area contributed by atoms with Gasteiger partial charge in [-0.15, -0.1) is 0 Å². The summed E-state index contributed by atoms with van der Waals surface area (Å²) in [5.74, 6) is 0.320. The topological polar surface area (TPSA) is 109 Å². The lowest BCUT2D eigenvalue weighted by Gasteiger charge is -2.17. The molecule has 0 radical (unpaired) electrons. The SMILES string of the molecule is C[C@@H](/C=C/S(C)(=O)=O)NC(=O)c1cc(C#N)c(C2CCCC2)nc1Oc1ccccc1. The van der Waals surface area contributed by atoms with Gasteiger partial charge in [0.15, 0.2) is 9.84 Å². The molecule has 1 amide bonds. The highest BCUT2D eigenvalue weighted by molar-refractivity contribution is 7.93. The first-order valence-corrected chi connectivity index (χ1v) is 12.1. The Labute approximate surface area is 182 Å². The molecule has 3 rings (SSSR count). The number of hydrogen-bond acceptors (Lipinski definition) is 6. The number of rotatable bonds is 7. The molecule has 1 saturated carbocycles. The van der Waals surface area contributed by atoms with E-state index in [2.05, 4.69) is 16.4 Å². The van der Waals surface area contributed by atoms with Crippen LogP contribution in [0, 0.1) is 11.3 Å². The van der Waals surface area contributed by atoms with Crippen molar-refractivity contribution >= 4 is 15.7 Å². The molecule has 1 aromatic carbocycles. The zero-order valence-electron chi connectivity index (χ0n) is 17.5. The van der Waals surface area contributed by atoms with Gasteiger partial charge in [-0.3, -0.25) is 4.79 Å². The van der Waals surface area contributed by atoms with Crippen molar-refractivity contribution in [3.05, 3.63) is 64.7 Å². The van der Waals surface area contributed by atoms with Gasteiger partial charge >= 0.3 is 0 Å². The Morgan fingerprint density at radius 1 is 1.29 bits per heavy atom. The molecule has 0 bridgehead atoms. The molecule has 0 spiro atoms. The molecule has 1 aliphatic rings. The fourth-order valence-electron chi connectivity index (χ4n) is 3.54. The molecular formula is C23H25N3O4S. The van der Waals surface area contributed by atoms with E-state index in [-0.39, 0.29) is 17.4 Å². The molecule has 8 heteroatoms. The van der Waals surface area contributed by atoms with Crippen LogP contribution >= 0.6 is 0 Å². The Bertz CT molecular complexity index is 1120. The summed E-state index contributed by atoms with van der Waals surface area (Å²) >= 11 is 0. The first-order chi connectivity index (χ1) is 14.8. The minimum atomic E-state index is -3.31. The third-order valence-corrected chi connectivity index (χ3v) is 5.71. The van der Waals surface area contributed by atoms with Gasteiger partial charge in [0.2, 0.25) is 5.88 Å². The van der Waals surface area contributed by atoms with Gasteiger partial charge in [-0.2, -0.15) is 5.26 Å². The maximum absolute atomic E-state index is 13.0. The lowest BCUT2D eigenvalue weighted by atomic mass is 9.97. The number of benzene rings is 1. The number of nitriles is 1. The van der Waals surface area contributed by atoms with E-state index in [1.165, 1.54) is 12.1 Å². The van der Waals surface area contributed by atoms with Crippen LogP contribution in [-0.4, -0.2) is 31.6 Å². The number of carbonyl (C=O) groups excluding carboxylic acids is 1. The molecule has 0 saturated heterocycles. The third kappa shape index (κ3) is 6.15. The van der Waals surface area contributed by atoms with Crippen LogP contribution in [0.1, 0.15) is 60.1 Å². The summed E-state index contributed by atoms with van der Waals surface area (Å²) < 4.78 is 28.6. The zero-order chi connectivity index (χ0) is 22.4. The van der Waals surface area contributed by atoms with Crippen molar-refractivity contribution in [1.82, 2.24) is 10.3 Å². The Kier molecular flexibility index (Phi) is 7.08. The highest BCUT2D eigenvalue weighted by Crippen LogP contribution is 2.37. The van der Waals surface area contributed by atoms with E-state index < -0.39 is 21.8 Å². The van der Waals surface area contributed by atoms with Crippen LogP contribution in [0.15, 0.2) is 47.9 Å². The van der Waals surface area contributed by atoms with Gasteiger partial charge < -0.3 is 10.1 Å². The Morgan fingerprint density at radius 3 is 2.58 bits per heavy atom. The van der Waals surface area contributed by atoms with Gasteiger partial charge in [0.25, 0.3) is 5.91 Å². The maximum atomic E-state index is 13.0. The minimum absolute atomic E-state index is 0.127. The van der Waals surface area contributed by atoms with Gasteiger partial charge in [-0.1, -0.05) is 37.1 Å². The number of carbonyl (C=O) groups is 1. The molecule has 1 fully saturated rings. The average molecular weight is 440 g/mol. The van der Waals surface area contributed by atoms with E-state index in [1.807, 2.05) is 18.2 Å². The second-order valence-corrected chi connectivity index (χ2v) is 9.63. The molecule has 162 valence electrons. The number of ether oxygens (including phenoxy) is 1. The number of nitrogens with one attached hydrogen (secondary N) is 1. The van der Waals surface area contributed by atoms with Crippen LogP contribution < -0.4 is 10.1 Å². The van der Waals surface area contributed by atoms with Crippen LogP contribution in [-0.2, 0) is 9.84 Å². The van der Waals surface area contributed by atoms with Crippen molar-refractivity contribution in [2.45, 2.75) is 44.6 Å². The maximum Gasteiger partial charge on any atom is 0.257 e. The summed E-state index contributed by atoms with van der Waals surface area (Å²) in [5.41, 5.74) is 1.14. The normalized spacial score (nSPS) is 15.5. The molecule has 31 heavy (non-hydrogen) atoms. The zero-order valence-corrected chi connectivity index (χ0v) is 18.4. The van der Waals surface area contributed by atoms with Gasteiger partial charge in [-0.05, 0) is 38.0 Å². The highest BCUT2D eigenvalue weighted by Gasteiger charge is 2.26. The molecule has 1 N–H and O–H groups in total. The van der Waals surface area contributed by atoms with Gasteiger partial charge in [-0.25, -0.2) is 13.4 Å². The number of amides is 1. The number of sulfone groups is 1. The molecule has 1 aromatic heterocycles. The lowest BCUT2D eigenvalue weighted by molar-refractivity contribution is 0.0944. The number of hydrogen-bond donors (Lipinski definition) is 1. The molecule has 0 aliphatic heterocycles. The molecule has 7 nitrogen and oxygen atoms in total. The second kappa shape index (κ2) is 9.75. The van der Waals surface area contributed by atoms with Crippen molar-refractivity contribution in [3.63, 3.8) is 0 Å². The standard InChI is InChI=1S/C23H25N3O4S/c1-16(12-13-31(2,28)29)25-22(27)20-14-18(15-24)21(17-8-6-7-9-17)26-23(20)30-19-10-4-3-5-11-19/h3-5,10-14,16-17H,6-9H2,1-2H3,(H,25,27)/b13-12+/t16-/m0/s1. The monoisotopic (exact) mass is 439 g/mol. The Hall–Kier alpha value is -3.18. The van der Waals surface area contributed by atoms with Gasteiger partial charge in [0.1, 0.15) is 17.4 Å². The van der Waals surface area contributed by atoms with E-state index in [0.717, 1.165) is 37.3 Å². The number of pyridine rings is 1. The van der Waals surface area contributed by atoms with E-state index in [0.29, 0.717) is 17.0 Å². The predicted molar refractivity (Wildman–Crippen MR) is 118 cm³/mol. The molecule has 2 aromatic rings. The van der Waals surface area contributed by atoms with Crippen molar-refractivity contribution in [2.24, 2.45) is 0 Å². The smallest absolute Gasteiger partial charge is 0.257 e. The van der Waals surface area contributed by atoms with E-state index in [4.69, 9.17) is 4.74 Å². The summed E-state index contributed by atoms with van der Waals surface area (Å²) in [5, 5.41) is 13.4. The van der Waals surface area contributed by atoms with Gasteiger partial charge in [0.05, 0.1) is 11.3 Å². The van der Waals surface area contributed by atoms with Crippen molar-refractivity contribution in [2.75, 3.05) is 6.26 Å². The Morgan fingerprint density at radius 2 is 1.97 bits per heavy atom. The first kappa shape index (κ1) is 22.5. The third-order valence-electron chi connectivity index (χ3n) is 5.05. The van der Waals surface area contributed by atoms with Crippen molar-refractivity contribution in [3.8, 4) is 17.7 Å². The van der Waals surface area contributed by atoms with E-state index in [1.54, 1.807) is 19.1 Å². The molecule has 0 unspecified atom stereocenters. The summed E-state index contributed by atoms with van der Waals surface area (Å²) in [6.45, 7) is 1.66. The predicted octanol–water partition coefficient (Wildman–Crippen LogP) is 4.08. The number of aromatic nitrogens is 1. The summed E-state index contributed by atoms with van der Waals surface area (Å²) in [7, 11) is -3.31.